The van der Waals surface area contributed by atoms with E-state index < -0.39 is 37.2 Å². The van der Waals surface area contributed by atoms with Crippen LogP contribution >= 0.6 is 7.95 Å². The van der Waals surface area contributed by atoms with Gasteiger partial charge in [-0.15, -0.1) is 0 Å². The monoisotopic (exact) mass is 534 g/mol. The summed E-state index contributed by atoms with van der Waals surface area (Å²) in [5.74, 6) is -1.04. The molecular formula is C24H33N5O7P+. The third kappa shape index (κ3) is 8.34. The molecule has 2 atom stereocenters. The van der Waals surface area contributed by atoms with E-state index in [1.165, 1.54) is 0 Å². The van der Waals surface area contributed by atoms with Crippen LogP contribution in [0.4, 0.5) is 4.79 Å². The van der Waals surface area contributed by atoms with Gasteiger partial charge in [0.15, 0.2) is 0 Å². The van der Waals surface area contributed by atoms with Crippen LogP contribution in [-0.4, -0.2) is 65.1 Å². The summed E-state index contributed by atoms with van der Waals surface area (Å²) in [6.45, 7) is 6.18. The number of hydrogen-bond donors (Lipinski definition) is 3. The van der Waals surface area contributed by atoms with Crippen LogP contribution in [-0.2, 0) is 35.0 Å². The Bertz CT molecular complexity index is 1060. The molecule has 37 heavy (non-hydrogen) atoms. The van der Waals surface area contributed by atoms with Crippen LogP contribution in [0.15, 0.2) is 41.7 Å². The molecule has 0 bridgehead atoms. The minimum absolute atomic E-state index is 0.0614. The Kier molecular flexibility index (Phi) is 9.73. The van der Waals surface area contributed by atoms with E-state index in [1.54, 1.807) is 30.5 Å². The second-order valence-corrected chi connectivity index (χ2v) is 11.1. The molecule has 0 fully saturated rings. The van der Waals surface area contributed by atoms with Gasteiger partial charge in [-0.25, -0.2) is 5.43 Å². The maximum atomic E-state index is 12.9. The second-order valence-electron chi connectivity index (χ2n) is 9.58. The van der Waals surface area contributed by atoms with E-state index in [1.807, 2.05) is 30.3 Å². The van der Waals surface area contributed by atoms with E-state index in [-0.39, 0.29) is 26.0 Å². The maximum Gasteiger partial charge on any atom is 0.578 e. The lowest BCUT2D eigenvalue weighted by molar-refractivity contribution is -0.149. The number of esters is 1. The van der Waals surface area contributed by atoms with E-state index in [0.29, 0.717) is 26.0 Å². The Morgan fingerprint density at radius 3 is 2.62 bits per heavy atom. The Balaban J connectivity index is 1.64. The van der Waals surface area contributed by atoms with Gasteiger partial charge < -0.3 is 14.8 Å². The molecule has 2 amide bonds. The molecule has 0 aromatic heterocycles. The predicted octanol–water partition coefficient (Wildman–Crippen LogP) is 2.11. The van der Waals surface area contributed by atoms with Gasteiger partial charge in [0.2, 0.25) is 12.3 Å². The first-order valence-corrected chi connectivity index (χ1v) is 13.2. The zero-order valence-electron chi connectivity index (χ0n) is 21.2. The molecule has 3 N–H and O–H groups in total. The van der Waals surface area contributed by atoms with Gasteiger partial charge in [-0.2, -0.15) is 4.79 Å². The molecule has 2 aliphatic rings. The van der Waals surface area contributed by atoms with Crippen molar-refractivity contribution >= 4 is 31.9 Å². The molecule has 0 radical (unpaired) electrons. The van der Waals surface area contributed by atoms with Gasteiger partial charge in [0, 0.05) is 19.4 Å². The quantitative estimate of drug-likeness (QED) is 0.218. The van der Waals surface area contributed by atoms with Crippen LogP contribution in [0.3, 0.4) is 0 Å². The number of hydrazine groups is 1. The number of carbonyl (C=O) groups is 4. The summed E-state index contributed by atoms with van der Waals surface area (Å²) in [6.07, 6.45) is 0.809. The summed E-state index contributed by atoms with van der Waals surface area (Å²) in [6, 6.07) is 8.37. The highest BCUT2D eigenvalue weighted by Crippen LogP contribution is 2.36. The molecule has 2 heterocycles. The lowest BCUT2D eigenvalue weighted by Gasteiger charge is -2.29. The highest BCUT2D eigenvalue weighted by Gasteiger charge is 2.45. The van der Waals surface area contributed by atoms with E-state index in [2.05, 4.69) is 16.1 Å². The topological polar surface area (TPSA) is 146 Å². The van der Waals surface area contributed by atoms with Gasteiger partial charge in [0.1, 0.15) is 24.9 Å². The van der Waals surface area contributed by atoms with Crippen molar-refractivity contribution in [2.45, 2.75) is 58.3 Å². The fraction of sp³-hybridized carbons (Fsp3) is 0.500. The number of hydrogen-bond acceptors (Lipinski definition) is 10. The highest BCUT2D eigenvalue weighted by molar-refractivity contribution is 7.60. The summed E-state index contributed by atoms with van der Waals surface area (Å²) in [5, 5.41) is 7.04. The number of nitrogens with one attached hydrogen (secondary N) is 3. The van der Waals surface area contributed by atoms with Crippen molar-refractivity contribution in [2.75, 3.05) is 19.8 Å². The molecule has 3 rings (SSSR count). The molecule has 2 aliphatic heterocycles. The third-order valence-corrected chi connectivity index (χ3v) is 6.84. The number of ether oxygens (including phenoxy) is 2. The molecule has 200 valence electrons. The molecule has 0 saturated heterocycles. The molecule has 1 aromatic rings. The average molecular weight is 535 g/mol. The van der Waals surface area contributed by atoms with Crippen LogP contribution in [0.5, 0.6) is 0 Å². The van der Waals surface area contributed by atoms with Gasteiger partial charge in [-0.05, 0) is 37.3 Å². The summed E-state index contributed by atoms with van der Waals surface area (Å²) in [5.41, 5.74) is 4.11. The molecule has 0 aliphatic carbocycles. The largest absolute Gasteiger partial charge is 0.578 e. The van der Waals surface area contributed by atoms with E-state index in [0.717, 1.165) is 17.0 Å². The standard InChI is InChI=1S/C24H32N5O7P/c1-24(2,3)36-23(33)37(34)28-12-11-20-19(13-28)25-15-29(20)27-18(9-10-21(31)26-16-30)22(32)35-14-17-7-5-4-6-8-17/h4-8,16,18,25,27H,9-15H2,1-3H3/p+1/t18-/m0/s1. The van der Waals surface area contributed by atoms with Crippen molar-refractivity contribution in [3.8, 4) is 0 Å². The van der Waals surface area contributed by atoms with Crippen LogP contribution in [0.25, 0.3) is 0 Å². The first kappa shape index (κ1) is 28.2. The van der Waals surface area contributed by atoms with Crippen molar-refractivity contribution in [3.05, 3.63) is 47.3 Å². The van der Waals surface area contributed by atoms with E-state index in [4.69, 9.17) is 9.47 Å². The predicted molar refractivity (Wildman–Crippen MR) is 134 cm³/mol. The van der Waals surface area contributed by atoms with Gasteiger partial charge in [0.05, 0.1) is 17.9 Å². The molecule has 12 nitrogen and oxygen atoms in total. The zero-order chi connectivity index (χ0) is 27.0. The van der Waals surface area contributed by atoms with Crippen molar-refractivity contribution in [2.24, 2.45) is 0 Å². The fourth-order valence-electron chi connectivity index (χ4n) is 3.83. The molecule has 13 heteroatoms. The van der Waals surface area contributed by atoms with Gasteiger partial charge >= 0.3 is 19.6 Å². The Labute approximate surface area is 216 Å². The van der Waals surface area contributed by atoms with Crippen molar-refractivity contribution in [3.63, 3.8) is 0 Å². The molecule has 1 unspecified atom stereocenters. The molecule has 1 aromatic carbocycles. The van der Waals surface area contributed by atoms with Crippen molar-refractivity contribution in [1.82, 2.24) is 25.7 Å². The second kappa shape index (κ2) is 12.8. The van der Waals surface area contributed by atoms with Gasteiger partial charge in [-0.1, -0.05) is 35.0 Å². The lowest BCUT2D eigenvalue weighted by Crippen LogP contribution is -2.49. The third-order valence-electron chi connectivity index (χ3n) is 5.58. The normalized spacial score (nSPS) is 16.8. The SMILES string of the molecule is CC(C)(C)OC(=O)[P+](=O)N1CCC2=C(C1)NCN2N[C@@H](CCC(=O)NC=O)C(=O)OCc1ccccc1. The van der Waals surface area contributed by atoms with Crippen LogP contribution < -0.4 is 16.1 Å². The van der Waals surface area contributed by atoms with E-state index >= 15 is 0 Å². The first-order chi connectivity index (χ1) is 17.6. The maximum absolute atomic E-state index is 12.9. The summed E-state index contributed by atoms with van der Waals surface area (Å²) >= 11 is 0. The molecule has 0 spiro atoms. The Hall–Kier alpha value is -3.34. The van der Waals surface area contributed by atoms with Crippen molar-refractivity contribution < 1.29 is 33.2 Å². The lowest BCUT2D eigenvalue weighted by atomic mass is 10.1. The zero-order valence-corrected chi connectivity index (χ0v) is 22.1. The number of rotatable bonds is 11. The minimum Gasteiger partial charge on any atom is -0.460 e. The van der Waals surface area contributed by atoms with Crippen LogP contribution in [0.1, 0.15) is 45.6 Å². The summed E-state index contributed by atoms with van der Waals surface area (Å²) in [7, 11) is -2.37. The van der Waals surface area contributed by atoms with Crippen molar-refractivity contribution in [1.29, 1.82) is 0 Å². The fourth-order valence-corrected chi connectivity index (χ4v) is 4.96. The molecular weight excluding hydrogens is 501 g/mol. The minimum atomic E-state index is -2.37. The Morgan fingerprint density at radius 1 is 1.22 bits per heavy atom. The Morgan fingerprint density at radius 2 is 1.95 bits per heavy atom. The smallest absolute Gasteiger partial charge is 0.460 e. The summed E-state index contributed by atoms with van der Waals surface area (Å²) < 4.78 is 25.0. The number of nitrogens with zero attached hydrogens (tertiary/aromatic N) is 2. The van der Waals surface area contributed by atoms with Crippen LogP contribution in [0.2, 0.25) is 0 Å². The number of imide groups is 1. The van der Waals surface area contributed by atoms with E-state index in [9.17, 15) is 23.7 Å². The molecule has 0 saturated carbocycles. The van der Waals surface area contributed by atoms with Gasteiger partial charge in [0.25, 0.3) is 0 Å². The highest BCUT2D eigenvalue weighted by atomic mass is 31.1. The van der Waals surface area contributed by atoms with Gasteiger partial charge in [-0.3, -0.25) is 24.7 Å². The average Bonchev–Trinajstić information content (AvgIpc) is 3.26. The first-order valence-electron chi connectivity index (χ1n) is 12.0. The van der Waals surface area contributed by atoms with Crippen LogP contribution in [0, 0.1) is 0 Å². The number of benzene rings is 1. The number of carbonyl (C=O) groups excluding carboxylic acids is 4. The summed E-state index contributed by atoms with van der Waals surface area (Å²) in [4.78, 5) is 47.6. The number of amides is 2.